The molecule has 0 saturated heterocycles. The zero-order valence-electron chi connectivity index (χ0n) is 10.6. The van der Waals surface area contributed by atoms with Gasteiger partial charge in [0.2, 0.25) is 0 Å². The van der Waals surface area contributed by atoms with E-state index in [-0.39, 0.29) is 11.6 Å². The Hall–Kier alpha value is -1.50. The average molecular weight is 270 g/mol. The van der Waals surface area contributed by atoms with Gasteiger partial charge in [0.25, 0.3) is 5.91 Å². The van der Waals surface area contributed by atoms with E-state index in [0.29, 0.717) is 24.5 Å². The summed E-state index contributed by atoms with van der Waals surface area (Å²) in [6.45, 7) is 3.21. The van der Waals surface area contributed by atoms with Gasteiger partial charge in [-0.15, -0.1) is 10.2 Å². The number of amides is 1. The Morgan fingerprint density at radius 2 is 2.17 bits per heavy atom. The van der Waals surface area contributed by atoms with Gasteiger partial charge in [-0.3, -0.25) is 9.00 Å². The van der Waals surface area contributed by atoms with Gasteiger partial charge in [-0.05, 0) is 25.5 Å². The Morgan fingerprint density at radius 1 is 1.39 bits per heavy atom. The second kappa shape index (κ2) is 7.75. The molecule has 1 aromatic heterocycles. The van der Waals surface area contributed by atoms with E-state index in [0.717, 1.165) is 6.54 Å². The molecule has 0 aliphatic carbocycles. The van der Waals surface area contributed by atoms with Crippen LogP contribution in [-0.2, 0) is 10.8 Å². The molecule has 0 aromatic carbocycles. The number of nitrogens with zero attached hydrogens (tertiary/aromatic N) is 2. The van der Waals surface area contributed by atoms with Gasteiger partial charge >= 0.3 is 0 Å². The minimum Gasteiger partial charge on any atom is -0.369 e. The highest BCUT2D eigenvalue weighted by atomic mass is 32.2. The molecule has 0 radical (unpaired) electrons. The van der Waals surface area contributed by atoms with Crippen LogP contribution in [0.25, 0.3) is 0 Å². The topological polar surface area (TPSA) is 84.0 Å². The van der Waals surface area contributed by atoms with E-state index in [2.05, 4.69) is 20.8 Å². The smallest absolute Gasteiger partial charge is 0.271 e. The summed E-state index contributed by atoms with van der Waals surface area (Å²) in [6, 6.07) is 3.34. The van der Waals surface area contributed by atoms with Gasteiger partial charge in [-0.25, -0.2) is 0 Å². The van der Waals surface area contributed by atoms with E-state index in [1.165, 1.54) is 0 Å². The lowest BCUT2D eigenvalue weighted by atomic mass is 10.3. The molecule has 0 bridgehead atoms. The van der Waals surface area contributed by atoms with E-state index >= 15 is 0 Å². The summed E-state index contributed by atoms with van der Waals surface area (Å²) >= 11 is 0. The molecule has 0 aliphatic heterocycles. The predicted molar refractivity (Wildman–Crippen MR) is 72.1 cm³/mol. The van der Waals surface area contributed by atoms with Gasteiger partial charge < -0.3 is 10.6 Å². The fourth-order valence-electron chi connectivity index (χ4n) is 1.30. The first-order valence-corrected chi connectivity index (χ1v) is 7.52. The second-order valence-corrected chi connectivity index (χ2v) is 5.28. The number of carbonyl (C=O) groups excluding carboxylic acids is 1. The van der Waals surface area contributed by atoms with Gasteiger partial charge in [-0.2, -0.15) is 0 Å². The Kier molecular flexibility index (Phi) is 6.27. The van der Waals surface area contributed by atoms with E-state index in [4.69, 9.17) is 0 Å². The summed E-state index contributed by atoms with van der Waals surface area (Å²) in [4.78, 5) is 11.6. The summed E-state index contributed by atoms with van der Waals surface area (Å²) < 4.78 is 10.8. The van der Waals surface area contributed by atoms with E-state index < -0.39 is 10.8 Å². The SMILES string of the molecule is CCNc1ccc(C(=O)NCCCS(C)=O)nn1. The summed E-state index contributed by atoms with van der Waals surface area (Å²) in [5.74, 6) is 0.980. The molecule has 1 unspecified atom stereocenters. The van der Waals surface area contributed by atoms with Crippen LogP contribution >= 0.6 is 0 Å². The number of hydrogen-bond acceptors (Lipinski definition) is 5. The molecule has 1 aromatic rings. The maximum atomic E-state index is 11.6. The quantitative estimate of drug-likeness (QED) is 0.701. The zero-order chi connectivity index (χ0) is 13.4. The highest BCUT2D eigenvalue weighted by molar-refractivity contribution is 7.84. The molecule has 18 heavy (non-hydrogen) atoms. The van der Waals surface area contributed by atoms with Crippen LogP contribution in [0.3, 0.4) is 0 Å². The molecular weight excluding hydrogens is 252 g/mol. The lowest BCUT2D eigenvalue weighted by Gasteiger charge is -2.04. The molecule has 1 atom stereocenters. The van der Waals surface area contributed by atoms with Crippen molar-refractivity contribution in [2.45, 2.75) is 13.3 Å². The van der Waals surface area contributed by atoms with Crippen molar-refractivity contribution in [1.29, 1.82) is 0 Å². The highest BCUT2D eigenvalue weighted by Gasteiger charge is 2.07. The van der Waals surface area contributed by atoms with Crippen LogP contribution in [-0.4, -0.2) is 45.4 Å². The highest BCUT2D eigenvalue weighted by Crippen LogP contribution is 2.01. The van der Waals surface area contributed by atoms with Crippen LogP contribution in [0.5, 0.6) is 0 Å². The minimum atomic E-state index is -0.818. The van der Waals surface area contributed by atoms with Crippen LogP contribution in [0.4, 0.5) is 5.82 Å². The summed E-state index contributed by atoms with van der Waals surface area (Å²) in [5, 5.41) is 13.4. The lowest BCUT2D eigenvalue weighted by molar-refractivity contribution is 0.0948. The summed E-state index contributed by atoms with van der Waals surface area (Å²) in [6.07, 6.45) is 2.34. The normalized spacial score (nSPS) is 11.9. The largest absolute Gasteiger partial charge is 0.369 e. The molecule has 0 spiro atoms. The second-order valence-electron chi connectivity index (χ2n) is 3.72. The van der Waals surface area contributed by atoms with Gasteiger partial charge in [0.05, 0.1) is 0 Å². The molecule has 1 rings (SSSR count). The lowest BCUT2D eigenvalue weighted by Crippen LogP contribution is -2.26. The van der Waals surface area contributed by atoms with Crippen molar-refractivity contribution in [1.82, 2.24) is 15.5 Å². The Labute approximate surface area is 109 Å². The molecule has 7 heteroatoms. The minimum absolute atomic E-state index is 0.257. The molecule has 0 aliphatic rings. The molecular formula is C11H18N4O2S. The van der Waals surface area contributed by atoms with Crippen molar-refractivity contribution < 1.29 is 9.00 Å². The standard InChI is InChI=1S/C11H18N4O2S/c1-3-12-10-6-5-9(14-15-10)11(16)13-7-4-8-18(2)17/h5-6H,3-4,7-8H2,1-2H3,(H,12,15)(H,13,16). The number of carbonyl (C=O) groups is 1. The van der Waals surface area contributed by atoms with E-state index in [1.54, 1.807) is 18.4 Å². The number of aromatic nitrogens is 2. The van der Waals surface area contributed by atoms with Crippen LogP contribution < -0.4 is 10.6 Å². The molecule has 1 heterocycles. The van der Waals surface area contributed by atoms with Crippen molar-refractivity contribution in [3.63, 3.8) is 0 Å². The van der Waals surface area contributed by atoms with Crippen molar-refractivity contribution in [3.05, 3.63) is 17.8 Å². The van der Waals surface area contributed by atoms with Gasteiger partial charge in [0, 0.05) is 35.9 Å². The van der Waals surface area contributed by atoms with Gasteiger partial charge in [0.15, 0.2) is 5.69 Å². The van der Waals surface area contributed by atoms with Crippen molar-refractivity contribution in [3.8, 4) is 0 Å². The Balaban J connectivity index is 2.39. The third-order valence-electron chi connectivity index (χ3n) is 2.15. The van der Waals surface area contributed by atoms with Gasteiger partial charge in [-0.1, -0.05) is 0 Å². The first kappa shape index (κ1) is 14.6. The van der Waals surface area contributed by atoms with Crippen LogP contribution in [0.15, 0.2) is 12.1 Å². The maximum absolute atomic E-state index is 11.6. The van der Waals surface area contributed by atoms with Crippen molar-refractivity contribution in [2.75, 3.05) is 30.4 Å². The monoisotopic (exact) mass is 270 g/mol. The van der Waals surface area contributed by atoms with Crippen LogP contribution in [0.2, 0.25) is 0 Å². The maximum Gasteiger partial charge on any atom is 0.271 e. The molecule has 2 N–H and O–H groups in total. The number of anilines is 1. The van der Waals surface area contributed by atoms with Crippen LogP contribution in [0, 0.1) is 0 Å². The van der Waals surface area contributed by atoms with E-state index in [9.17, 15) is 9.00 Å². The molecule has 100 valence electrons. The predicted octanol–water partition coefficient (Wildman–Crippen LogP) is 0.407. The number of nitrogens with one attached hydrogen (secondary N) is 2. The summed E-state index contributed by atoms with van der Waals surface area (Å²) in [7, 11) is -0.818. The molecule has 6 nitrogen and oxygen atoms in total. The summed E-state index contributed by atoms with van der Waals surface area (Å²) in [5.41, 5.74) is 0.286. The molecule has 0 fully saturated rings. The van der Waals surface area contributed by atoms with Crippen molar-refractivity contribution in [2.24, 2.45) is 0 Å². The van der Waals surface area contributed by atoms with Crippen molar-refractivity contribution >= 4 is 22.5 Å². The zero-order valence-corrected chi connectivity index (χ0v) is 11.4. The van der Waals surface area contributed by atoms with E-state index in [1.807, 2.05) is 6.92 Å². The van der Waals surface area contributed by atoms with Gasteiger partial charge in [0.1, 0.15) is 5.82 Å². The Morgan fingerprint density at radius 3 is 2.72 bits per heavy atom. The Bertz CT molecular complexity index is 408. The first-order chi connectivity index (χ1) is 8.63. The molecule has 0 saturated carbocycles. The fraction of sp³-hybridized carbons (Fsp3) is 0.545. The first-order valence-electron chi connectivity index (χ1n) is 5.79. The third-order valence-corrected chi connectivity index (χ3v) is 3.01. The molecule has 1 amide bonds. The van der Waals surface area contributed by atoms with Crippen LogP contribution in [0.1, 0.15) is 23.8 Å². The fourth-order valence-corrected chi connectivity index (χ4v) is 1.85. The number of hydrogen-bond donors (Lipinski definition) is 2. The third kappa shape index (κ3) is 5.22. The number of rotatable bonds is 7. The average Bonchev–Trinajstić information content (AvgIpc) is 2.35.